The number of rotatable bonds is 5. The summed E-state index contributed by atoms with van der Waals surface area (Å²) in [7, 11) is 0. The maximum absolute atomic E-state index is 12.5. The van der Waals surface area contributed by atoms with Crippen molar-refractivity contribution in [3.63, 3.8) is 0 Å². The number of aromatic amines is 1. The van der Waals surface area contributed by atoms with Gasteiger partial charge in [0, 0.05) is 23.9 Å². The molecule has 1 unspecified atom stereocenters. The van der Waals surface area contributed by atoms with Gasteiger partial charge in [0.05, 0.1) is 11.4 Å². The number of carbonyl (C=O) groups is 1. The third-order valence-electron chi connectivity index (χ3n) is 4.55. The van der Waals surface area contributed by atoms with Gasteiger partial charge in [-0.15, -0.1) is 0 Å². The van der Waals surface area contributed by atoms with Crippen molar-refractivity contribution in [2.75, 3.05) is 5.32 Å². The van der Waals surface area contributed by atoms with Gasteiger partial charge >= 0.3 is 0 Å². The van der Waals surface area contributed by atoms with Crippen LogP contribution in [0.3, 0.4) is 0 Å². The van der Waals surface area contributed by atoms with Crippen LogP contribution in [0.2, 0.25) is 0 Å². The van der Waals surface area contributed by atoms with E-state index in [-0.39, 0.29) is 11.5 Å². The number of nitrogens with one attached hydrogen (secondary N) is 2. The van der Waals surface area contributed by atoms with E-state index in [4.69, 9.17) is 0 Å². The molecule has 7 heteroatoms. The summed E-state index contributed by atoms with van der Waals surface area (Å²) in [6.45, 7) is 1.68. The van der Waals surface area contributed by atoms with E-state index in [0.29, 0.717) is 11.6 Å². The summed E-state index contributed by atoms with van der Waals surface area (Å²) < 4.78 is 1.27. The molecule has 7 nitrogen and oxygen atoms in total. The van der Waals surface area contributed by atoms with Gasteiger partial charge in [-0.25, -0.2) is 4.68 Å². The number of aromatic nitrogens is 4. The minimum Gasteiger partial charge on any atom is -0.324 e. The summed E-state index contributed by atoms with van der Waals surface area (Å²) in [4.78, 5) is 24.6. The van der Waals surface area contributed by atoms with E-state index < -0.39 is 6.04 Å². The maximum Gasteiger partial charge on any atom is 0.267 e. The third-order valence-corrected chi connectivity index (χ3v) is 4.55. The summed E-state index contributed by atoms with van der Waals surface area (Å²) in [5.41, 5.74) is 3.16. The molecule has 2 heterocycles. The summed E-state index contributed by atoms with van der Waals surface area (Å²) in [6.07, 6.45) is 3.87. The number of amides is 1. The Labute approximate surface area is 150 Å². The number of hydrogen-bond donors (Lipinski definition) is 2. The van der Waals surface area contributed by atoms with E-state index in [1.807, 2.05) is 30.3 Å². The van der Waals surface area contributed by atoms with Crippen LogP contribution in [0.15, 0.2) is 53.5 Å². The molecule has 26 heavy (non-hydrogen) atoms. The highest BCUT2D eigenvalue weighted by Crippen LogP contribution is 2.38. The number of carbonyl (C=O) groups excluding carboxylic acids is 1. The van der Waals surface area contributed by atoms with Crippen molar-refractivity contribution in [3.05, 3.63) is 64.7 Å². The molecule has 2 N–H and O–H groups in total. The fourth-order valence-electron chi connectivity index (χ4n) is 2.82. The normalized spacial score (nSPS) is 14.8. The largest absolute Gasteiger partial charge is 0.324 e. The van der Waals surface area contributed by atoms with Crippen LogP contribution >= 0.6 is 0 Å². The average Bonchev–Trinajstić information content (AvgIpc) is 3.36. The zero-order valence-electron chi connectivity index (χ0n) is 14.3. The molecule has 1 atom stereocenters. The van der Waals surface area contributed by atoms with Crippen molar-refractivity contribution in [1.82, 2.24) is 20.0 Å². The molecule has 0 bridgehead atoms. The lowest BCUT2D eigenvalue weighted by Crippen LogP contribution is -2.33. The highest BCUT2D eigenvalue weighted by Gasteiger charge is 2.27. The van der Waals surface area contributed by atoms with Gasteiger partial charge in [0.2, 0.25) is 5.91 Å². The van der Waals surface area contributed by atoms with Crippen LogP contribution < -0.4 is 10.9 Å². The molecule has 0 radical (unpaired) electrons. The van der Waals surface area contributed by atoms with Gasteiger partial charge in [-0.2, -0.15) is 10.2 Å². The average molecular weight is 349 g/mol. The second kappa shape index (κ2) is 6.59. The van der Waals surface area contributed by atoms with E-state index >= 15 is 0 Å². The number of H-pyrrole nitrogens is 1. The molecule has 2 aromatic heterocycles. The molecule has 1 saturated carbocycles. The Hall–Kier alpha value is -3.22. The fraction of sp³-hybridized carbons (Fsp3) is 0.263. The molecular formula is C19H19N5O2. The number of benzene rings is 1. The van der Waals surface area contributed by atoms with Crippen LogP contribution in [0.25, 0.3) is 11.3 Å². The van der Waals surface area contributed by atoms with Crippen molar-refractivity contribution in [2.45, 2.75) is 31.7 Å². The Kier molecular flexibility index (Phi) is 4.12. The van der Waals surface area contributed by atoms with Crippen LogP contribution in [-0.2, 0) is 4.79 Å². The molecule has 1 amide bonds. The van der Waals surface area contributed by atoms with Crippen molar-refractivity contribution in [2.24, 2.45) is 0 Å². The molecule has 1 fully saturated rings. The Morgan fingerprint density at radius 3 is 2.62 bits per heavy atom. The Balaban J connectivity index is 1.49. The Bertz CT molecular complexity index is 972. The smallest absolute Gasteiger partial charge is 0.267 e. The lowest BCUT2D eigenvalue weighted by Gasteiger charge is -2.15. The predicted octanol–water partition coefficient (Wildman–Crippen LogP) is 2.71. The first-order chi connectivity index (χ1) is 12.6. The summed E-state index contributed by atoms with van der Waals surface area (Å²) in [5.74, 6) is 0.147. The van der Waals surface area contributed by atoms with Gasteiger partial charge in [-0.1, -0.05) is 12.1 Å². The highest BCUT2D eigenvalue weighted by atomic mass is 16.2. The van der Waals surface area contributed by atoms with Gasteiger partial charge in [0.25, 0.3) is 5.56 Å². The third kappa shape index (κ3) is 3.28. The topological polar surface area (TPSA) is 92.7 Å². The van der Waals surface area contributed by atoms with Crippen molar-refractivity contribution < 1.29 is 4.79 Å². The van der Waals surface area contributed by atoms with Gasteiger partial charge in [-0.3, -0.25) is 14.7 Å². The Morgan fingerprint density at radius 2 is 1.96 bits per heavy atom. The SMILES string of the molecule is CC(C(=O)Nc1ccc(-c2ccn[nH]2)cc1)n1nc(C2CC2)ccc1=O. The molecule has 132 valence electrons. The zero-order chi connectivity index (χ0) is 18.1. The fourth-order valence-corrected chi connectivity index (χ4v) is 2.82. The number of anilines is 1. The predicted molar refractivity (Wildman–Crippen MR) is 97.8 cm³/mol. The standard InChI is InChI=1S/C19H19N5O2/c1-12(24-18(25)9-8-17(23-24)14-2-3-14)19(26)21-15-6-4-13(5-7-15)16-10-11-20-22-16/h4-12,14H,2-3H2,1H3,(H,20,22)(H,21,26). The van der Waals surface area contributed by atoms with E-state index in [9.17, 15) is 9.59 Å². The maximum atomic E-state index is 12.5. The van der Waals surface area contributed by atoms with Gasteiger partial charge in [-0.05, 0) is 49.6 Å². The van der Waals surface area contributed by atoms with Crippen LogP contribution in [0.1, 0.15) is 37.4 Å². The molecular weight excluding hydrogens is 330 g/mol. The lowest BCUT2D eigenvalue weighted by atomic mass is 10.1. The molecule has 0 aliphatic heterocycles. The van der Waals surface area contributed by atoms with Crippen molar-refractivity contribution in [3.8, 4) is 11.3 Å². The first kappa shape index (κ1) is 16.3. The van der Waals surface area contributed by atoms with Gasteiger partial charge < -0.3 is 5.32 Å². The molecule has 0 saturated heterocycles. The summed E-state index contributed by atoms with van der Waals surface area (Å²) in [5, 5.41) is 14.0. The monoisotopic (exact) mass is 349 g/mol. The van der Waals surface area contributed by atoms with Crippen LogP contribution in [0.5, 0.6) is 0 Å². The van der Waals surface area contributed by atoms with E-state index in [1.54, 1.807) is 19.2 Å². The van der Waals surface area contributed by atoms with Crippen molar-refractivity contribution >= 4 is 11.6 Å². The Morgan fingerprint density at radius 1 is 1.19 bits per heavy atom. The molecule has 1 aromatic carbocycles. The molecule has 1 aliphatic rings. The van der Waals surface area contributed by atoms with Crippen molar-refractivity contribution in [1.29, 1.82) is 0 Å². The van der Waals surface area contributed by atoms with Crippen LogP contribution in [-0.4, -0.2) is 25.9 Å². The first-order valence-electron chi connectivity index (χ1n) is 8.62. The lowest BCUT2D eigenvalue weighted by molar-refractivity contribution is -0.119. The molecule has 4 rings (SSSR count). The van der Waals surface area contributed by atoms with E-state index in [1.165, 1.54) is 10.7 Å². The zero-order valence-corrected chi connectivity index (χ0v) is 14.3. The summed E-state index contributed by atoms with van der Waals surface area (Å²) >= 11 is 0. The quantitative estimate of drug-likeness (QED) is 0.741. The van der Waals surface area contributed by atoms with Crippen LogP contribution in [0, 0.1) is 0 Å². The minimum atomic E-state index is -0.687. The van der Waals surface area contributed by atoms with E-state index in [0.717, 1.165) is 29.8 Å². The molecule has 0 spiro atoms. The van der Waals surface area contributed by atoms with Gasteiger partial charge in [0.15, 0.2) is 0 Å². The second-order valence-corrected chi connectivity index (χ2v) is 6.53. The first-order valence-corrected chi connectivity index (χ1v) is 8.62. The summed E-state index contributed by atoms with van der Waals surface area (Å²) in [6, 6.07) is 11.9. The van der Waals surface area contributed by atoms with Gasteiger partial charge in [0.1, 0.15) is 6.04 Å². The number of nitrogens with zero attached hydrogens (tertiary/aromatic N) is 3. The van der Waals surface area contributed by atoms with E-state index in [2.05, 4.69) is 20.6 Å². The highest BCUT2D eigenvalue weighted by molar-refractivity contribution is 5.93. The minimum absolute atomic E-state index is 0.272. The molecule has 3 aromatic rings. The number of hydrogen-bond acceptors (Lipinski definition) is 4. The molecule has 1 aliphatic carbocycles. The van der Waals surface area contributed by atoms with Crippen LogP contribution in [0.4, 0.5) is 5.69 Å². The second-order valence-electron chi connectivity index (χ2n) is 6.53.